The number of aliphatic carboxylic acids is 2. The van der Waals surface area contributed by atoms with Crippen LogP contribution in [0.25, 0.3) is 0 Å². The molecule has 12 N–H and O–H groups in total. The maximum atomic E-state index is 12.9. The summed E-state index contributed by atoms with van der Waals surface area (Å²) in [4.78, 5) is 64.2. The Balaban J connectivity index is 5.40. The molecule has 0 radical (unpaired) electrons. The van der Waals surface area contributed by atoms with Gasteiger partial charge in [0, 0.05) is 13.0 Å². The van der Waals surface area contributed by atoms with Crippen molar-refractivity contribution in [2.75, 3.05) is 6.54 Å². The average molecular weight is 518 g/mol. The molecule has 0 aliphatic heterocycles. The van der Waals surface area contributed by atoms with E-state index in [4.69, 9.17) is 22.3 Å². The van der Waals surface area contributed by atoms with Crippen LogP contribution in [0.4, 0.5) is 0 Å². The first-order chi connectivity index (χ1) is 16.6. The Hall–Kier alpha value is -3.46. The average Bonchev–Trinajstić information content (AvgIpc) is 2.75. The number of rotatable bonds is 17. The van der Waals surface area contributed by atoms with Gasteiger partial charge in [0.2, 0.25) is 17.7 Å². The summed E-state index contributed by atoms with van der Waals surface area (Å²) in [5.41, 5.74) is 16.3. The molecule has 206 valence electrons. The van der Waals surface area contributed by atoms with Crippen molar-refractivity contribution in [3.63, 3.8) is 0 Å². The predicted molar refractivity (Wildman–Crippen MR) is 129 cm³/mol. The van der Waals surface area contributed by atoms with Gasteiger partial charge in [0.15, 0.2) is 5.96 Å². The Morgan fingerprint density at radius 2 is 1.44 bits per heavy atom. The van der Waals surface area contributed by atoms with Crippen LogP contribution in [0.15, 0.2) is 4.99 Å². The van der Waals surface area contributed by atoms with Gasteiger partial charge in [-0.3, -0.25) is 24.2 Å². The minimum atomic E-state index is -1.57. The van der Waals surface area contributed by atoms with E-state index in [0.717, 1.165) is 0 Å². The van der Waals surface area contributed by atoms with E-state index >= 15 is 0 Å². The second-order valence-corrected chi connectivity index (χ2v) is 8.80. The Morgan fingerprint density at radius 3 is 1.92 bits per heavy atom. The van der Waals surface area contributed by atoms with Gasteiger partial charge >= 0.3 is 11.9 Å². The molecule has 0 aliphatic rings. The Morgan fingerprint density at radius 1 is 0.861 bits per heavy atom. The van der Waals surface area contributed by atoms with Crippen molar-refractivity contribution in [3.05, 3.63) is 0 Å². The number of carboxylic acids is 2. The van der Waals surface area contributed by atoms with Gasteiger partial charge in [-0.15, -0.1) is 0 Å². The van der Waals surface area contributed by atoms with Crippen LogP contribution < -0.4 is 33.2 Å². The van der Waals surface area contributed by atoms with E-state index < -0.39 is 66.4 Å². The standard InChI is InChI=1S/C21H39N7O8/c1-10(2)9-14(20(35)36)27-19(34)16(11(3)29)28-18(33)13(6-7-15(30)31)26-17(32)12(22)5-4-8-25-21(23)24/h10-14,16,29H,4-9,22H2,1-3H3,(H,26,32)(H,27,34)(H,28,33)(H,30,31)(H,35,36)(H4,23,24,25). The number of aliphatic imine (C=N–C) groups is 1. The Labute approximate surface area is 209 Å². The molecule has 0 aromatic heterocycles. The monoisotopic (exact) mass is 517 g/mol. The van der Waals surface area contributed by atoms with Gasteiger partial charge in [-0.25, -0.2) is 4.79 Å². The highest BCUT2D eigenvalue weighted by atomic mass is 16.4. The molecule has 0 heterocycles. The lowest BCUT2D eigenvalue weighted by Crippen LogP contribution is -2.60. The molecule has 0 bridgehead atoms. The van der Waals surface area contributed by atoms with Crippen molar-refractivity contribution in [2.45, 2.75) is 83.1 Å². The van der Waals surface area contributed by atoms with E-state index in [1.807, 2.05) is 0 Å². The van der Waals surface area contributed by atoms with Crippen LogP contribution in [0.2, 0.25) is 0 Å². The molecule has 0 rings (SSSR count). The summed E-state index contributed by atoms with van der Waals surface area (Å²) >= 11 is 0. The zero-order valence-corrected chi connectivity index (χ0v) is 20.8. The summed E-state index contributed by atoms with van der Waals surface area (Å²) < 4.78 is 0. The lowest BCUT2D eigenvalue weighted by Gasteiger charge is -2.26. The number of nitrogens with zero attached hydrogens (tertiary/aromatic N) is 1. The van der Waals surface area contributed by atoms with Crippen LogP contribution in [0.1, 0.15) is 52.9 Å². The second-order valence-electron chi connectivity index (χ2n) is 8.80. The quantitative estimate of drug-likeness (QED) is 0.0539. The van der Waals surface area contributed by atoms with E-state index in [0.29, 0.717) is 6.42 Å². The van der Waals surface area contributed by atoms with Gasteiger partial charge in [0.05, 0.1) is 12.1 Å². The molecule has 3 amide bonds. The highest BCUT2D eigenvalue weighted by molar-refractivity contribution is 5.94. The topological polar surface area (TPSA) is 273 Å². The molecule has 0 aromatic carbocycles. The third kappa shape index (κ3) is 13.4. The van der Waals surface area contributed by atoms with E-state index in [9.17, 15) is 34.2 Å². The van der Waals surface area contributed by atoms with Crippen LogP contribution in [0.5, 0.6) is 0 Å². The minimum absolute atomic E-state index is 0.0646. The summed E-state index contributed by atoms with van der Waals surface area (Å²) in [6.45, 7) is 4.96. The first-order valence-electron chi connectivity index (χ1n) is 11.5. The van der Waals surface area contributed by atoms with Crippen molar-refractivity contribution >= 4 is 35.6 Å². The van der Waals surface area contributed by atoms with E-state index in [1.54, 1.807) is 13.8 Å². The molecule has 0 saturated heterocycles. The number of aliphatic hydroxyl groups excluding tert-OH is 1. The largest absolute Gasteiger partial charge is 0.481 e. The first-order valence-corrected chi connectivity index (χ1v) is 11.5. The number of amides is 3. The maximum Gasteiger partial charge on any atom is 0.326 e. The molecule has 0 fully saturated rings. The number of carboxylic acid groups (broad SMARTS) is 2. The van der Waals surface area contributed by atoms with Crippen LogP contribution in [-0.2, 0) is 24.0 Å². The van der Waals surface area contributed by atoms with Gasteiger partial charge in [-0.1, -0.05) is 13.8 Å². The molecule has 15 nitrogen and oxygen atoms in total. The number of hydrogen-bond acceptors (Lipinski definition) is 8. The van der Waals surface area contributed by atoms with Crippen molar-refractivity contribution in [1.82, 2.24) is 16.0 Å². The molecule has 5 unspecified atom stereocenters. The summed E-state index contributed by atoms with van der Waals surface area (Å²) in [6, 6.07) is -5.26. The summed E-state index contributed by atoms with van der Waals surface area (Å²) in [5, 5.41) is 35.3. The van der Waals surface area contributed by atoms with Crippen LogP contribution in [0, 0.1) is 5.92 Å². The first kappa shape index (κ1) is 32.5. The third-order valence-corrected chi connectivity index (χ3v) is 4.97. The number of guanidine groups is 1. The zero-order chi connectivity index (χ0) is 28.0. The molecular formula is C21H39N7O8. The molecule has 15 heteroatoms. The number of nitrogens with two attached hydrogens (primary N) is 3. The van der Waals surface area contributed by atoms with Crippen LogP contribution in [0.3, 0.4) is 0 Å². The van der Waals surface area contributed by atoms with Crippen molar-refractivity contribution in [2.24, 2.45) is 28.1 Å². The Bertz CT molecular complexity index is 799. The van der Waals surface area contributed by atoms with Crippen molar-refractivity contribution in [3.8, 4) is 0 Å². The molecule has 0 aliphatic carbocycles. The number of aliphatic hydroxyl groups is 1. The highest BCUT2D eigenvalue weighted by Gasteiger charge is 2.33. The van der Waals surface area contributed by atoms with Gasteiger partial charge in [0.1, 0.15) is 18.1 Å². The molecule has 0 saturated carbocycles. The summed E-state index contributed by atoms with van der Waals surface area (Å²) in [6.07, 6.45) is -1.60. The molecule has 0 spiro atoms. The third-order valence-electron chi connectivity index (χ3n) is 4.97. The minimum Gasteiger partial charge on any atom is -0.481 e. The van der Waals surface area contributed by atoms with Gasteiger partial charge in [-0.2, -0.15) is 0 Å². The van der Waals surface area contributed by atoms with Crippen LogP contribution >= 0.6 is 0 Å². The zero-order valence-electron chi connectivity index (χ0n) is 20.8. The van der Waals surface area contributed by atoms with Crippen molar-refractivity contribution in [1.29, 1.82) is 0 Å². The lowest BCUT2D eigenvalue weighted by atomic mass is 10.0. The van der Waals surface area contributed by atoms with E-state index in [-0.39, 0.29) is 37.7 Å². The van der Waals surface area contributed by atoms with E-state index in [1.165, 1.54) is 6.92 Å². The van der Waals surface area contributed by atoms with Gasteiger partial charge < -0.3 is 48.5 Å². The number of nitrogens with one attached hydrogen (secondary N) is 3. The van der Waals surface area contributed by atoms with Crippen LogP contribution in [-0.4, -0.2) is 87.8 Å². The van der Waals surface area contributed by atoms with Crippen molar-refractivity contribution < 1.29 is 39.3 Å². The van der Waals surface area contributed by atoms with Gasteiger partial charge in [0.25, 0.3) is 0 Å². The predicted octanol–water partition coefficient (Wildman–Crippen LogP) is -2.80. The molecular weight excluding hydrogens is 478 g/mol. The molecule has 36 heavy (non-hydrogen) atoms. The van der Waals surface area contributed by atoms with Gasteiger partial charge in [-0.05, 0) is 38.5 Å². The second kappa shape index (κ2) is 16.3. The molecule has 0 aromatic rings. The lowest BCUT2D eigenvalue weighted by molar-refractivity contribution is -0.143. The number of hydrogen-bond donors (Lipinski definition) is 9. The highest BCUT2D eigenvalue weighted by Crippen LogP contribution is 2.07. The fraction of sp³-hybridized carbons (Fsp3) is 0.714. The number of carbonyl (C=O) groups excluding carboxylic acids is 3. The SMILES string of the molecule is CC(C)CC(NC(=O)C(NC(=O)C(CCC(=O)O)NC(=O)C(N)CCCN=C(N)N)C(C)O)C(=O)O. The smallest absolute Gasteiger partial charge is 0.326 e. The fourth-order valence-electron chi connectivity index (χ4n) is 3.08. The number of carbonyl (C=O) groups is 5. The summed E-state index contributed by atoms with van der Waals surface area (Å²) in [5.74, 6) is -5.34. The normalized spacial score (nSPS) is 15.1. The van der Waals surface area contributed by atoms with E-state index in [2.05, 4.69) is 20.9 Å². The fourth-order valence-corrected chi connectivity index (χ4v) is 3.08. The maximum absolute atomic E-state index is 12.9. The summed E-state index contributed by atoms with van der Waals surface area (Å²) in [7, 11) is 0. The Kier molecular flexibility index (Phi) is 14.7. The molecule has 5 atom stereocenters.